The number of nitrogens with two attached hydrogens (primary N) is 1. The second-order valence-electron chi connectivity index (χ2n) is 3.36. The van der Waals surface area contributed by atoms with Crippen LogP contribution in [0.5, 0.6) is 0 Å². The van der Waals surface area contributed by atoms with Crippen LogP contribution in [0.1, 0.15) is 0 Å². The monoisotopic (exact) mass is 259 g/mol. The molecule has 2 atom stereocenters. The van der Waals surface area contributed by atoms with Crippen molar-refractivity contribution >= 4 is 12.2 Å². The molecule has 0 aromatic carbocycles. The second kappa shape index (κ2) is 8.37. The molecule has 1 amide bonds. The Balaban J connectivity index is 4.93. The van der Waals surface area contributed by atoms with Crippen molar-refractivity contribution < 1.29 is 19.0 Å². The second-order valence-corrected chi connectivity index (χ2v) is 3.36. The first-order valence-electron chi connectivity index (χ1n) is 5.10. The molecule has 7 heteroatoms. The lowest BCUT2D eigenvalue weighted by molar-refractivity contribution is -0.129. The van der Waals surface area contributed by atoms with E-state index < -0.39 is 19.0 Å². The van der Waals surface area contributed by atoms with Crippen LogP contribution in [0.15, 0.2) is 29.4 Å². The zero-order valence-electron chi connectivity index (χ0n) is 10.4. The number of rotatable bonds is 8. The fourth-order valence-corrected chi connectivity index (χ4v) is 1.10. The molecular formula is C11H18FN3O3. The highest BCUT2D eigenvalue weighted by Crippen LogP contribution is 2.15. The van der Waals surface area contributed by atoms with Crippen molar-refractivity contribution in [3.63, 3.8) is 0 Å². The number of methoxy groups -OCH3 is 1. The fraction of sp³-hybridized carbons (Fsp3) is 0.455. The van der Waals surface area contributed by atoms with Gasteiger partial charge in [0.2, 0.25) is 6.41 Å². The number of aliphatic imine (C=N–C) groups is 1. The fourth-order valence-electron chi connectivity index (χ4n) is 1.10. The van der Waals surface area contributed by atoms with Crippen LogP contribution in [0.25, 0.3) is 0 Å². The number of nitrogens with zero attached hydrogens (tertiary/aromatic N) is 2. The van der Waals surface area contributed by atoms with Gasteiger partial charge in [-0.25, -0.2) is 4.39 Å². The molecule has 0 radical (unpaired) electrons. The Bertz CT molecular complexity index is 344. The molecule has 0 fully saturated rings. The van der Waals surface area contributed by atoms with Gasteiger partial charge in [0.15, 0.2) is 12.4 Å². The van der Waals surface area contributed by atoms with Crippen LogP contribution < -0.4 is 5.73 Å². The van der Waals surface area contributed by atoms with Crippen molar-refractivity contribution in [2.24, 2.45) is 10.7 Å². The summed E-state index contributed by atoms with van der Waals surface area (Å²) in [4.78, 5) is 15.5. The van der Waals surface area contributed by atoms with Gasteiger partial charge in [0, 0.05) is 20.4 Å². The van der Waals surface area contributed by atoms with Crippen molar-refractivity contribution in [3.05, 3.63) is 24.4 Å². The van der Waals surface area contributed by atoms with Gasteiger partial charge in [0.25, 0.3) is 0 Å². The van der Waals surface area contributed by atoms with Gasteiger partial charge in [-0.2, -0.15) is 0 Å². The molecule has 0 spiro atoms. The highest BCUT2D eigenvalue weighted by atomic mass is 19.1. The number of ether oxygens (including phenoxy) is 1. The van der Waals surface area contributed by atoms with Crippen molar-refractivity contribution in [2.75, 3.05) is 20.8 Å². The number of hydrogen-bond acceptors (Lipinski definition) is 4. The quantitative estimate of drug-likeness (QED) is 0.208. The van der Waals surface area contributed by atoms with Crippen molar-refractivity contribution in [3.8, 4) is 0 Å². The number of carbonyl (C=O) groups is 1. The maximum Gasteiger partial charge on any atom is 0.215 e. The minimum atomic E-state index is -1.71. The predicted octanol–water partition coefficient (Wildman–Crippen LogP) is -0.195. The molecule has 0 aliphatic carbocycles. The first-order valence-corrected chi connectivity index (χ1v) is 5.10. The van der Waals surface area contributed by atoms with E-state index in [1.54, 1.807) is 0 Å². The van der Waals surface area contributed by atoms with Gasteiger partial charge < -0.3 is 15.6 Å². The Morgan fingerprint density at radius 3 is 2.72 bits per heavy atom. The molecule has 102 valence electrons. The van der Waals surface area contributed by atoms with Gasteiger partial charge in [-0.15, -0.1) is 0 Å². The molecule has 0 saturated heterocycles. The highest BCUT2D eigenvalue weighted by molar-refractivity contribution is 5.91. The lowest BCUT2D eigenvalue weighted by atomic mass is 10.1. The topological polar surface area (TPSA) is 88.2 Å². The van der Waals surface area contributed by atoms with E-state index in [1.165, 1.54) is 26.4 Å². The molecular weight excluding hydrogens is 241 g/mol. The van der Waals surface area contributed by atoms with E-state index in [0.29, 0.717) is 6.41 Å². The minimum Gasteiger partial charge on any atom is -0.392 e. The summed E-state index contributed by atoms with van der Waals surface area (Å²) in [6.07, 6.45) is 0.0122. The molecule has 6 nitrogen and oxygen atoms in total. The molecule has 0 rings (SSSR count). The van der Waals surface area contributed by atoms with Crippen LogP contribution in [-0.2, 0) is 9.53 Å². The Hall–Kier alpha value is -1.73. The summed E-state index contributed by atoms with van der Waals surface area (Å²) in [5.41, 5.74) is 5.32. The van der Waals surface area contributed by atoms with E-state index >= 15 is 0 Å². The average Bonchev–Trinajstić information content (AvgIpc) is 2.41. The Morgan fingerprint density at radius 1 is 1.72 bits per heavy atom. The van der Waals surface area contributed by atoms with E-state index in [-0.39, 0.29) is 11.4 Å². The van der Waals surface area contributed by atoms with Crippen LogP contribution in [0.3, 0.4) is 0 Å². The van der Waals surface area contributed by atoms with E-state index in [1.807, 2.05) is 0 Å². The van der Waals surface area contributed by atoms with Crippen LogP contribution in [0.2, 0.25) is 0 Å². The molecule has 3 N–H and O–H groups in total. The predicted molar refractivity (Wildman–Crippen MR) is 66.5 cm³/mol. The highest BCUT2D eigenvalue weighted by Gasteiger charge is 2.27. The molecule has 0 aliphatic heterocycles. The van der Waals surface area contributed by atoms with Gasteiger partial charge in [-0.05, 0) is 11.6 Å². The van der Waals surface area contributed by atoms with Crippen molar-refractivity contribution in [2.45, 2.75) is 12.4 Å². The maximum absolute atomic E-state index is 13.8. The third kappa shape index (κ3) is 4.64. The summed E-state index contributed by atoms with van der Waals surface area (Å²) in [5.74, 6) is 0.174. The molecule has 2 unspecified atom stereocenters. The van der Waals surface area contributed by atoms with Gasteiger partial charge in [-0.3, -0.25) is 14.7 Å². The third-order valence-corrected chi connectivity index (χ3v) is 2.18. The first-order chi connectivity index (χ1) is 8.51. The number of halogens is 1. The summed E-state index contributed by atoms with van der Waals surface area (Å²) in [7, 11) is 2.72. The number of carbonyl (C=O) groups excluding carboxylic acids is 1. The van der Waals surface area contributed by atoms with Crippen molar-refractivity contribution in [1.82, 2.24) is 4.90 Å². The summed E-state index contributed by atoms with van der Waals surface area (Å²) >= 11 is 0. The minimum absolute atomic E-state index is 0.0840. The standard InChI is InChI=1S/C11H18FN3O3/c1-8(6-16)10(12)11(18-3)15(7-17)5-4-9(13)14-2/h4-5,7,10-11,16H,1,6H2,2-3H3,(H2,13,14)/b5-4-. The Kier molecular flexibility index (Phi) is 7.57. The number of alkyl halides is 1. The normalized spacial score (nSPS) is 15.4. The number of amidine groups is 1. The Labute approximate surface area is 105 Å². The van der Waals surface area contributed by atoms with Gasteiger partial charge >= 0.3 is 0 Å². The lowest BCUT2D eigenvalue weighted by Crippen LogP contribution is -2.40. The van der Waals surface area contributed by atoms with Gasteiger partial charge in [0.1, 0.15) is 5.84 Å². The average molecular weight is 259 g/mol. The zero-order valence-corrected chi connectivity index (χ0v) is 10.4. The summed E-state index contributed by atoms with van der Waals surface area (Å²) in [6, 6.07) is 0. The number of aliphatic hydroxyl groups is 1. The molecule has 0 aliphatic rings. The van der Waals surface area contributed by atoms with Crippen LogP contribution in [-0.4, -0.2) is 55.4 Å². The van der Waals surface area contributed by atoms with E-state index in [9.17, 15) is 9.18 Å². The number of amides is 1. The summed E-state index contributed by atoms with van der Waals surface area (Å²) in [6.45, 7) is 2.82. The molecule has 0 bridgehead atoms. The third-order valence-electron chi connectivity index (χ3n) is 2.18. The molecule has 0 saturated carbocycles. The molecule has 0 heterocycles. The molecule has 0 aromatic heterocycles. The first kappa shape index (κ1) is 16.3. The van der Waals surface area contributed by atoms with Crippen LogP contribution >= 0.6 is 0 Å². The summed E-state index contributed by atoms with van der Waals surface area (Å²) < 4.78 is 18.7. The zero-order chi connectivity index (χ0) is 14.1. The lowest BCUT2D eigenvalue weighted by Gasteiger charge is -2.27. The van der Waals surface area contributed by atoms with Gasteiger partial charge in [0.05, 0.1) is 6.61 Å². The SMILES string of the molecule is C=C(CO)C(F)C(OC)N(C=O)/C=C\C(N)=NC. The van der Waals surface area contributed by atoms with Crippen LogP contribution in [0, 0.1) is 0 Å². The van der Waals surface area contributed by atoms with E-state index in [0.717, 1.165) is 4.90 Å². The largest absolute Gasteiger partial charge is 0.392 e. The van der Waals surface area contributed by atoms with Crippen LogP contribution in [0.4, 0.5) is 4.39 Å². The van der Waals surface area contributed by atoms with E-state index in [4.69, 9.17) is 15.6 Å². The van der Waals surface area contributed by atoms with Crippen molar-refractivity contribution in [1.29, 1.82) is 0 Å². The maximum atomic E-state index is 13.8. The number of aliphatic hydroxyl groups excluding tert-OH is 1. The summed E-state index contributed by atoms with van der Waals surface area (Å²) in [5, 5.41) is 8.80. The smallest absolute Gasteiger partial charge is 0.215 e. The molecule has 18 heavy (non-hydrogen) atoms. The Morgan fingerprint density at radius 2 is 2.33 bits per heavy atom. The van der Waals surface area contributed by atoms with E-state index in [2.05, 4.69) is 11.6 Å². The van der Waals surface area contributed by atoms with Gasteiger partial charge in [-0.1, -0.05) is 6.58 Å². The number of hydrogen-bond donors (Lipinski definition) is 2. The molecule has 0 aromatic rings.